The van der Waals surface area contributed by atoms with Crippen molar-refractivity contribution in [3.63, 3.8) is 0 Å². The number of carbonyl (C=O) groups is 3. The first-order valence-corrected chi connectivity index (χ1v) is 13.8. The Morgan fingerprint density at radius 2 is 1.74 bits per heavy atom. The van der Waals surface area contributed by atoms with E-state index in [1.54, 1.807) is 23.1 Å². The van der Waals surface area contributed by atoms with Gasteiger partial charge in [0.25, 0.3) is 0 Å². The normalized spacial score (nSPS) is 20.9. The lowest BCUT2D eigenvalue weighted by Crippen LogP contribution is -2.66. The molecule has 0 unspecified atom stereocenters. The molecule has 38 heavy (non-hydrogen) atoms. The van der Waals surface area contributed by atoms with Gasteiger partial charge in [0, 0.05) is 6.42 Å². The zero-order chi connectivity index (χ0) is 27.8. The standard InChI is InChI=1S/C31H39ClN2O4/c1-18(2)13-24-29(36)33-27(22-14-19-9-7-8-10-20(19)15-22)30(37)34(24)28(25(35)17-31(3,4)5)21-11-12-26(38-6)23(32)16-21/h7-12,16,18,22,24,27-28H,13-15,17H2,1-6H3,(H,33,36)/t24-,27-,28-/m1/s1. The summed E-state index contributed by atoms with van der Waals surface area (Å²) in [6.45, 7) is 10.0. The molecule has 1 aliphatic carbocycles. The predicted octanol–water partition coefficient (Wildman–Crippen LogP) is 5.55. The van der Waals surface area contributed by atoms with Crippen molar-refractivity contribution in [3.05, 3.63) is 64.2 Å². The number of methoxy groups -OCH3 is 1. The van der Waals surface area contributed by atoms with Crippen LogP contribution in [0, 0.1) is 17.3 Å². The molecule has 0 aromatic heterocycles. The van der Waals surface area contributed by atoms with E-state index >= 15 is 0 Å². The SMILES string of the molecule is COc1ccc([C@H](C(=O)CC(C)(C)C)N2C(=O)[C@@H](C3Cc4ccccc4C3)NC(=O)[C@H]2CC(C)C)cc1Cl. The fourth-order valence-electron chi connectivity index (χ4n) is 5.85. The maximum atomic E-state index is 14.4. The summed E-state index contributed by atoms with van der Waals surface area (Å²) in [6, 6.07) is 11.0. The second kappa shape index (κ2) is 11.1. The molecule has 7 heteroatoms. The summed E-state index contributed by atoms with van der Waals surface area (Å²) in [4.78, 5) is 43.7. The highest BCUT2D eigenvalue weighted by Gasteiger charge is 2.49. The lowest BCUT2D eigenvalue weighted by molar-refractivity contribution is -0.157. The third-order valence-corrected chi connectivity index (χ3v) is 7.78. The summed E-state index contributed by atoms with van der Waals surface area (Å²) in [5.74, 6) is 0.0551. The van der Waals surface area contributed by atoms with E-state index in [1.807, 2.05) is 46.8 Å². The first-order chi connectivity index (χ1) is 17.9. The molecule has 1 aliphatic heterocycles. The van der Waals surface area contributed by atoms with Crippen LogP contribution in [0.4, 0.5) is 0 Å². The Hall–Kier alpha value is -2.86. The van der Waals surface area contributed by atoms with Crippen LogP contribution in [-0.4, -0.2) is 41.7 Å². The molecule has 0 saturated carbocycles. The van der Waals surface area contributed by atoms with Crippen LogP contribution in [0.2, 0.25) is 5.02 Å². The van der Waals surface area contributed by atoms with Crippen molar-refractivity contribution in [2.75, 3.05) is 7.11 Å². The van der Waals surface area contributed by atoms with Crippen molar-refractivity contribution in [2.24, 2.45) is 17.3 Å². The first kappa shape index (κ1) is 28.2. The van der Waals surface area contributed by atoms with Crippen molar-refractivity contribution in [1.29, 1.82) is 0 Å². The molecule has 6 nitrogen and oxygen atoms in total. The van der Waals surface area contributed by atoms with Crippen LogP contribution in [0.3, 0.4) is 0 Å². The summed E-state index contributed by atoms with van der Waals surface area (Å²) in [5, 5.41) is 3.42. The largest absolute Gasteiger partial charge is 0.495 e. The number of fused-ring (bicyclic) bond motifs is 1. The number of benzene rings is 2. The zero-order valence-electron chi connectivity index (χ0n) is 23.2. The van der Waals surface area contributed by atoms with E-state index in [0.717, 1.165) is 0 Å². The molecule has 0 radical (unpaired) electrons. The molecular formula is C31H39ClN2O4. The number of amides is 2. The van der Waals surface area contributed by atoms with E-state index in [4.69, 9.17) is 16.3 Å². The fourth-order valence-corrected chi connectivity index (χ4v) is 6.11. The van der Waals surface area contributed by atoms with E-state index in [0.29, 0.717) is 35.6 Å². The third-order valence-electron chi connectivity index (χ3n) is 7.48. The molecule has 2 aliphatic rings. The number of nitrogens with zero attached hydrogens (tertiary/aromatic N) is 1. The van der Waals surface area contributed by atoms with E-state index in [-0.39, 0.29) is 41.3 Å². The third kappa shape index (κ3) is 5.90. The van der Waals surface area contributed by atoms with Gasteiger partial charge in [-0.2, -0.15) is 0 Å². The highest BCUT2D eigenvalue weighted by molar-refractivity contribution is 6.32. The van der Waals surface area contributed by atoms with Crippen LogP contribution in [0.5, 0.6) is 5.75 Å². The number of ether oxygens (including phenoxy) is 1. The fraction of sp³-hybridized carbons (Fsp3) is 0.516. The quantitative estimate of drug-likeness (QED) is 0.478. The average Bonchev–Trinajstić information content (AvgIpc) is 3.26. The molecule has 1 saturated heterocycles. The first-order valence-electron chi connectivity index (χ1n) is 13.4. The molecule has 1 heterocycles. The number of hydrogen-bond donors (Lipinski definition) is 1. The molecule has 204 valence electrons. The van der Waals surface area contributed by atoms with Crippen molar-refractivity contribution in [3.8, 4) is 5.75 Å². The van der Waals surface area contributed by atoms with Gasteiger partial charge in [-0.05, 0) is 65.3 Å². The summed E-state index contributed by atoms with van der Waals surface area (Å²) in [5.41, 5.74) is 2.71. The Labute approximate surface area is 231 Å². The molecule has 1 N–H and O–H groups in total. The molecule has 0 spiro atoms. The Morgan fingerprint density at radius 1 is 1.11 bits per heavy atom. The zero-order valence-corrected chi connectivity index (χ0v) is 24.0. The van der Waals surface area contributed by atoms with Crippen LogP contribution in [-0.2, 0) is 27.2 Å². The van der Waals surface area contributed by atoms with Gasteiger partial charge in [0.2, 0.25) is 11.8 Å². The van der Waals surface area contributed by atoms with Gasteiger partial charge in [0.1, 0.15) is 23.9 Å². The average molecular weight is 539 g/mol. The Morgan fingerprint density at radius 3 is 2.26 bits per heavy atom. The molecule has 2 aromatic carbocycles. The molecule has 1 fully saturated rings. The van der Waals surface area contributed by atoms with Gasteiger partial charge in [0.15, 0.2) is 5.78 Å². The molecule has 2 aromatic rings. The van der Waals surface area contributed by atoms with Gasteiger partial charge < -0.3 is 15.0 Å². The van der Waals surface area contributed by atoms with Crippen LogP contribution in [0.1, 0.15) is 70.2 Å². The number of ketones is 1. The lowest BCUT2D eigenvalue weighted by Gasteiger charge is -2.45. The van der Waals surface area contributed by atoms with Gasteiger partial charge in [-0.25, -0.2) is 0 Å². The topological polar surface area (TPSA) is 75.7 Å². The van der Waals surface area contributed by atoms with Crippen LogP contribution in [0.15, 0.2) is 42.5 Å². The highest BCUT2D eigenvalue weighted by atomic mass is 35.5. The summed E-state index contributed by atoms with van der Waals surface area (Å²) in [6.07, 6.45) is 2.13. The number of halogens is 1. The smallest absolute Gasteiger partial charge is 0.247 e. The number of nitrogens with one attached hydrogen (secondary N) is 1. The number of carbonyl (C=O) groups excluding carboxylic acids is 3. The maximum absolute atomic E-state index is 14.4. The minimum atomic E-state index is -0.925. The van der Waals surface area contributed by atoms with Gasteiger partial charge in [-0.3, -0.25) is 14.4 Å². The number of hydrogen-bond acceptors (Lipinski definition) is 4. The maximum Gasteiger partial charge on any atom is 0.247 e. The van der Waals surface area contributed by atoms with Gasteiger partial charge in [-0.15, -0.1) is 0 Å². The molecule has 2 amide bonds. The van der Waals surface area contributed by atoms with E-state index < -0.39 is 18.1 Å². The van der Waals surface area contributed by atoms with Crippen molar-refractivity contribution in [2.45, 2.75) is 78.4 Å². The number of rotatable bonds is 8. The van der Waals surface area contributed by atoms with E-state index in [2.05, 4.69) is 17.4 Å². The Bertz CT molecular complexity index is 1190. The van der Waals surface area contributed by atoms with Crippen LogP contribution >= 0.6 is 11.6 Å². The van der Waals surface area contributed by atoms with Crippen molar-refractivity contribution in [1.82, 2.24) is 10.2 Å². The predicted molar refractivity (Wildman–Crippen MR) is 149 cm³/mol. The second-order valence-electron chi connectivity index (χ2n) is 12.3. The van der Waals surface area contributed by atoms with Gasteiger partial charge in [-0.1, -0.05) is 76.6 Å². The van der Waals surface area contributed by atoms with E-state index in [1.165, 1.54) is 18.2 Å². The summed E-state index contributed by atoms with van der Waals surface area (Å²) >= 11 is 6.50. The number of Topliss-reactive ketones (excluding diaryl/α,β-unsaturated/α-hetero) is 1. The Balaban J connectivity index is 1.79. The second-order valence-corrected chi connectivity index (χ2v) is 12.7. The monoisotopic (exact) mass is 538 g/mol. The van der Waals surface area contributed by atoms with Crippen molar-refractivity contribution < 1.29 is 19.1 Å². The van der Waals surface area contributed by atoms with E-state index in [9.17, 15) is 14.4 Å². The highest BCUT2D eigenvalue weighted by Crippen LogP contribution is 2.39. The van der Waals surface area contributed by atoms with Gasteiger partial charge in [0.05, 0.1) is 12.1 Å². The molecule has 0 bridgehead atoms. The van der Waals surface area contributed by atoms with Crippen molar-refractivity contribution >= 4 is 29.2 Å². The minimum absolute atomic E-state index is 0.0656. The molecular weight excluding hydrogens is 500 g/mol. The van der Waals surface area contributed by atoms with Crippen LogP contribution in [0.25, 0.3) is 0 Å². The summed E-state index contributed by atoms with van der Waals surface area (Å²) < 4.78 is 5.33. The lowest BCUT2D eigenvalue weighted by atomic mass is 9.83. The van der Waals surface area contributed by atoms with Gasteiger partial charge >= 0.3 is 0 Å². The minimum Gasteiger partial charge on any atom is -0.495 e. The summed E-state index contributed by atoms with van der Waals surface area (Å²) in [7, 11) is 1.53. The van der Waals surface area contributed by atoms with Crippen LogP contribution < -0.4 is 10.1 Å². The molecule has 4 rings (SSSR count). The molecule has 3 atom stereocenters. The number of piperazine rings is 1. The Kier molecular flexibility index (Phi) is 8.22.